The van der Waals surface area contributed by atoms with Crippen LogP contribution in [0.25, 0.3) is 11.1 Å². The molecule has 1 aliphatic heterocycles. The molecule has 2 atom stereocenters. The van der Waals surface area contributed by atoms with E-state index in [1.54, 1.807) is 0 Å². The summed E-state index contributed by atoms with van der Waals surface area (Å²) in [6.07, 6.45) is 3.12. The number of nitrogens with zero attached hydrogens (tertiary/aromatic N) is 1. The van der Waals surface area contributed by atoms with Gasteiger partial charge in [0.15, 0.2) is 11.5 Å². The third-order valence-corrected chi connectivity index (χ3v) is 5.97. The zero-order valence-electron chi connectivity index (χ0n) is 17.5. The standard InChI is InChI=1S/C24H28N2O4/c1-3-23(27)25-19-9-10-20(15-19)26(2)24(28)17-6-4-16(5-7-17)18-8-11-21-22(14-18)30-13-12-29-21/h4-8,11,14,19-20H,3,9-10,12-13,15H2,1-2H3,(H,25,27)/t19?,20-/m0/s1. The van der Waals surface area contributed by atoms with Crippen LogP contribution in [0, 0.1) is 0 Å². The maximum absolute atomic E-state index is 13.0. The van der Waals surface area contributed by atoms with Crippen molar-refractivity contribution in [3.05, 3.63) is 48.0 Å². The summed E-state index contributed by atoms with van der Waals surface area (Å²) in [5, 5.41) is 3.04. The molecule has 0 saturated heterocycles. The molecule has 1 saturated carbocycles. The Hall–Kier alpha value is -3.02. The van der Waals surface area contributed by atoms with E-state index in [0.717, 1.165) is 41.9 Å². The molecule has 2 aliphatic rings. The number of benzene rings is 2. The monoisotopic (exact) mass is 408 g/mol. The van der Waals surface area contributed by atoms with Crippen molar-refractivity contribution in [3.63, 3.8) is 0 Å². The molecule has 2 amide bonds. The van der Waals surface area contributed by atoms with Crippen LogP contribution in [-0.2, 0) is 4.79 Å². The molecule has 0 radical (unpaired) electrons. The molecule has 4 rings (SSSR count). The van der Waals surface area contributed by atoms with E-state index in [2.05, 4.69) is 5.32 Å². The Morgan fingerprint density at radius 1 is 1.00 bits per heavy atom. The van der Waals surface area contributed by atoms with Gasteiger partial charge in [0.25, 0.3) is 5.91 Å². The van der Waals surface area contributed by atoms with E-state index in [1.165, 1.54) is 0 Å². The lowest BCUT2D eigenvalue weighted by Gasteiger charge is -2.25. The van der Waals surface area contributed by atoms with Crippen molar-refractivity contribution >= 4 is 11.8 Å². The first-order valence-corrected chi connectivity index (χ1v) is 10.6. The number of nitrogens with one attached hydrogen (secondary N) is 1. The fraction of sp³-hybridized carbons (Fsp3) is 0.417. The molecule has 1 aliphatic carbocycles. The largest absolute Gasteiger partial charge is 0.486 e. The highest BCUT2D eigenvalue weighted by molar-refractivity contribution is 5.94. The summed E-state index contributed by atoms with van der Waals surface area (Å²) in [6, 6.07) is 13.9. The zero-order valence-corrected chi connectivity index (χ0v) is 17.5. The van der Waals surface area contributed by atoms with Gasteiger partial charge in [-0.25, -0.2) is 0 Å². The van der Waals surface area contributed by atoms with Gasteiger partial charge in [0.1, 0.15) is 13.2 Å². The van der Waals surface area contributed by atoms with Gasteiger partial charge >= 0.3 is 0 Å². The first-order chi connectivity index (χ1) is 14.5. The van der Waals surface area contributed by atoms with E-state index >= 15 is 0 Å². The Morgan fingerprint density at radius 2 is 1.70 bits per heavy atom. The summed E-state index contributed by atoms with van der Waals surface area (Å²) in [5.74, 6) is 1.61. The second-order valence-corrected chi connectivity index (χ2v) is 7.94. The smallest absolute Gasteiger partial charge is 0.253 e. The van der Waals surface area contributed by atoms with Crippen LogP contribution in [0.2, 0.25) is 0 Å². The summed E-state index contributed by atoms with van der Waals surface area (Å²) in [6.45, 7) is 2.98. The molecule has 1 fully saturated rings. The number of ether oxygens (including phenoxy) is 2. The summed E-state index contributed by atoms with van der Waals surface area (Å²) in [5.41, 5.74) is 2.71. The number of amides is 2. The molecule has 1 heterocycles. The van der Waals surface area contributed by atoms with Crippen LogP contribution in [-0.4, -0.2) is 49.1 Å². The highest BCUT2D eigenvalue weighted by Gasteiger charge is 2.30. The number of carbonyl (C=O) groups excluding carboxylic acids is 2. The third kappa shape index (κ3) is 4.27. The molecule has 30 heavy (non-hydrogen) atoms. The SMILES string of the molecule is CCC(=O)NC1CC[C@H](N(C)C(=O)c2ccc(-c3ccc4c(c3)OCCO4)cc2)C1. The normalized spacial score (nSPS) is 19.9. The topological polar surface area (TPSA) is 67.9 Å². The highest BCUT2D eigenvalue weighted by Crippen LogP contribution is 2.34. The van der Waals surface area contributed by atoms with Crippen molar-refractivity contribution in [1.29, 1.82) is 0 Å². The van der Waals surface area contributed by atoms with E-state index in [-0.39, 0.29) is 23.9 Å². The fourth-order valence-electron chi connectivity index (χ4n) is 4.17. The van der Waals surface area contributed by atoms with Crippen molar-refractivity contribution in [2.75, 3.05) is 20.3 Å². The van der Waals surface area contributed by atoms with Crippen LogP contribution in [0.15, 0.2) is 42.5 Å². The fourth-order valence-corrected chi connectivity index (χ4v) is 4.17. The van der Waals surface area contributed by atoms with Crippen molar-refractivity contribution in [3.8, 4) is 22.6 Å². The van der Waals surface area contributed by atoms with Gasteiger partial charge in [0, 0.05) is 31.1 Å². The Bertz CT molecular complexity index is 925. The molecule has 1 unspecified atom stereocenters. The first kappa shape index (κ1) is 20.3. The lowest BCUT2D eigenvalue weighted by Crippen LogP contribution is -2.38. The van der Waals surface area contributed by atoms with Crippen LogP contribution in [0.4, 0.5) is 0 Å². The predicted molar refractivity (Wildman–Crippen MR) is 115 cm³/mol. The number of rotatable bonds is 5. The molecule has 6 nitrogen and oxygen atoms in total. The van der Waals surface area contributed by atoms with E-state index in [1.807, 2.05) is 61.3 Å². The molecule has 0 bridgehead atoms. The number of hydrogen-bond acceptors (Lipinski definition) is 4. The summed E-state index contributed by atoms with van der Waals surface area (Å²) < 4.78 is 11.2. The van der Waals surface area contributed by atoms with Gasteiger partial charge in [-0.15, -0.1) is 0 Å². The molecular weight excluding hydrogens is 380 g/mol. The van der Waals surface area contributed by atoms with Crippen molar-refractivity contribution < 1.29 is 19.1 Å². The second-order valence-electron chi connectivity index (χ2n) is 7.94. The molecule has 6 heteroatoms. The molecule has 158 valence electrons. The summed E-state index contributed by atoms with van der Waals surface area (Å²) in [7, 11) is 1.85. The van der Waals surface area contributed by atoms with Gasteiger partial charge in [-0.05, 0) is 54.7 Å². The van der Waals surface area contributed by atoms with Crippen LogP contribution in [0.1, 0.15) is 43.0 Å². The number of fused-ring (bicyclic) bond motifs is 1. The Balaban J connectivity index is 1.41. The second kappa shape index (κ2) is 8.78. The maximum atomic E-state index is 13.0. The molecule has 2 aromatic rings. The molecule has 0 aromatic heterocycles. The zero-order chi connectivity index (χ0) is 21.1. The van der Waals surface area contributed by atoms with Crippen LogP contribution in [0.3, 0.4) is 0 Å². The molecule has 2 aromatic carbocycles. The van der Waals surface area contributed by atoms with E-state index in [0.29, 0.717) is 25.2 Å². The molecule has 0 spiro atoms. The minimum atomic E-state index is 0.0104. The number of carbonyl (C=O) groups is 2. The van der Waals surface area contributed by atoms with Crippen molar-refractivity contribution in [2.45, 2.75) is 44.7 Å². The van der Waals surface area contributed by atoms with Crippen molar-refractivity contribution in [1.82, 2.24) is 10.2 Å². The van der Waals surface area contributed by atoms with Gasteiger partial charge in [0.05, 0.1) is 0 Å². The van der Waals surface area contributed by atoms with Gasteiger partial charge in [-0.2, -0.15) is 0 Å². The minimum absolute atomic E-state index is 0.0104. The van der Waals surface area contributed by atoms with Gasteiger partial charge in [-0.1, -0.05) is 25.1 Å². The van der Waals surface area contributed by atoms with E-state index in [9.17, 15) is 9.59 Å². The average molecular weight is 408 g/mol. The van der Waals surface area contributed by atoms with E-state index in [4.69, 9.17) is 9.47 Å². The van der Waals surface area contributed by atoms with Gasteiger partial charge in [0.2, 0.25) is 5.91 Å². The lowest BCUT2D eigenvalue weighted by molar-refractivity contribution is -0.121. The minimum Gasteiger partial charge on any atom is -0.486 e. The molecule has 1 N–H and O–H groups in total. The average Bonchev–Trinajstić information content (AvgIpc) is 3.26. The summed E-state index contributed by atoms with van der Waals surface area (Å²) >= 11 is 0. The van der Waals surface area contributed by atoms with E-state index < -0.39 is 0 Å². The van der Waals surface area contributed by atoms with Crippen LogP contribution >= 0.6 is 0 Å². The quantitative estimate of drug-likeness (QED) is 0.820. The van der Waals surface area contributed by atoms with Crippen molar-refractivity contribution in [2.24, 2.45) is 0 Å². The Kier molecular flexibility index (Phi) is 5.93. The Labute approximate surface area is 177 Å². The lowest BCUT2D eigenvalue weighted by atomic mass is 10.0. The number of hydrogen-bond donors (Lipinski definition) is 1. The molecular formula is C24H28N2O4. The Morgan fingerprint density at radius 3 is 2.43 bits per heavy atom. The first-order valence-electron chi connectivity index (χ1n) is 10.6. The summed E-state index contributed by atoms with van der Waals surface area (Å²) in [4.78, 5) is 26.4. The predicted octanol–water partition coefficient (Wildman–Crippen LogP) is 3.64. The van der Waals surface area contributed by atoms with Gasteiger partial charge in [-0.3, -0.25) is 9.59 Å². The van der Waals surface area contributed by atoms with Crippen LogP contribution < -0.4 is 14.8 Å². The van der Waals surface area contributed by atoms with Crippen LogP contribution in [0.5, 0.6) is 11.5 Å². The maximum Gasteiger partial charge on any atom is 0.253 e. The third-order valence-electron chi connectivity index (χ3n) is 5.97. The highest BCUT2D eigenvalue weighted by atomic mass is 16.6. The van der Waals surface area contributed by atoms with Gasteiger partial charge < -0.3 is 19.7 Å².